The lowest BCUT2D eigenvalue weighted by Gasteiger charge is -2.24. The maximum absolute atomic E-state index is 12.7. The van der Waals surface area contributed by atoms with Crippen LogP contribution >= 0.6 is 0 Å². The molecule has 0 fully saturated rings. The van der Waals surface area contributed by atoms with Crippen molar-refractivity contribution in [1.82, 2.24) is 5.32 Å². The number of aryl methyl sites for hydroxylation is 1. The molecule has 0 aliphatic heterocycles. The van der Waals surface area contributed by atoms with E-state index in [2.05, 4.69) is 5.32 Å². The molecule has 7 heteroatoms. The second-order valence-electron chi connectivity index (χ2n) is 6.75. The number of fused-ring (bicyclic) bond motifs is 3. The van der Waals surface area contributed by atoms with E-state index in [0.717, 1.165) is 22.3 Å². The fourth-order valence-electron chi connectivity index (χ4n) is 3.86. The molecule has 0 saturated heterocycles. The number of carbonyl (C=O) groups is 1. The first kappa shape index (κ1) is 20.5. The van der Waals surface area contributed by atoms with Gasteiger partial charge in [0, 0.05) is 12.5 Å². The summed E-state index contributed by atoms with van der Waals surface area (Å²) in [6.07, 6.45) is 1.28. The van der Waals surface area contributed by atoms with Crippen LogP contribution in [0.3, 0.4) is 0 Å². The number of hydrogen-bond acceptors (Lipinski definition) is 6. The second kappa shape index (κ2) is 8.43. The van der Waals surface area contributed by atoms with Gasteiger partial charge in [0.2, 0.25) is 17.1 Å². The molecule has 0 saturated carbocycles. The van der Waals surface area contributed by atoms with Crippen molar-refractivity contribution in [3.05, 3.63) is 45.6 Å². The summed E-state index contributed by atoms with van der Waals surface area (Å²) in [6, 6.07) is 6.64. The van der Waals surface area contributed by atoms with Crippen LogP contribution in [0.1, 0.15) is 30.5 Å². The van der Waals surface area contributed by atoms with E-state index in [1.807, 2.05) is 12.1 Å². The van der Waals surface area contributed by atoms with Crippen LogP contribution in [0.15, 0.2) is 29.1 Å². The molecule has 2 aromatic rings. The van der Waals surface area contributed by atoms with Gasteiger partial charge in [-0.25, -0.2) is 0 Å². The Hall–Kier alpha value is -3.22. The molecule has 3 rings (SSSR count). The Morgan fingerprint density at radius 1 is 0.931 bits per heavy atom. The minimum Gasteiger partial charge on any atom is -0.493 e. The first-order valence-corrected chi connectivity index (χ1v) is 9.26. The third-order valence-corrected chi connectivity index (χ3v) is 5.11. The smallest absolute Gasteiger partial charge is 0.220 e. The molecule has 1 aliphatic rings. The molecule has 0 radical (unpaired) electrons. The quantitative estimate of drug-likeness (QED) is 0.833. The molecule has 1 atom stereocenters. The van der Waals surface area contributed by atoms with Crippen molar-refractivity contribution in [2.45, 2.75) is 25.8 Å². The number of carbonyl (C=O) groups excluding carboxylic acids is 1. The fourth-order valence-corrected chi connectivity index (χ4v) is 3.86. The molecule has 7 nitrogen and oxygen atoms in total. The van der Waals surface area contributed by atoms with Crippen molar-refractivity contribution < 1.29 is 23.7 Å². The average molecular weight is 399 g/mol. The van der Waals surface area contributed by atoms with Gasteiger partial charge in [-0.15, -0.1) is 0 Å². The van der Waals surface area contributed by atoms with E-state index >= 15 is 0 Å². The Morgan fingerprint density at radius 2 is 1.62 bits per heavy atom. The van der Waals surface area contributed by atoms with Gasteiger partial charge in [-0.05, 0) is 47.7 Å². The van der Waals surface area contributed by atoms with Gasteiger partial charge < -0.3 is 24.3 Å². The lowest BCUT2D eigenvalue weighted by molar-refractivity contribution is -0.119. The summed E-state index contributed by atoms with van der Waals surface area (Å²) in [7, 11) is 6.09. The summed E-state index contributed by atoms with van der Waals surface area (Å²) in [5.74, 6) is 1.50. The zero-order valence-corrected chi connectivity index (χ0v) is 17.3. The van der Waals surface area contributed by atoms with E-state index in [9.17, 15) is 9.59 Å². The maximum atomic E-state index is 12.7. The third kappa shape index (κ3) is 3.72. The standard InChI is InChI=1S/C22H25NO6/c1-12(24)23-16-8-6-13-7-9-18(26-2)17(25)10-14(13)15-11-19(27-3)21(28-4)22(29-5)20(15)16/h7,9-11,16H,6,8H2,1-5H3,(H,23,24). The van der Waals surface area contributed by atoms with Crippen molar-refractivity contribution in [2.24, 2.45) is 0 Å². The summed E-state index contributed by atoms with van der Waals surface area (Å²) >= 11 is 0. The zero-order valence-electron chi connectivity index (χ0n) is 17.3. The van der Waals surface area contributed by atoms with Crippen LogP contribution in [0.2, 0.25) is 0 Å². The summed E-state index contributed by atoms with van der Waals surface area (Å²) in [4.78, 5) is 24.6. The highest BCUT2D eigenvalue weighted by molar-refractivity contribution is 5.81. The van der Waals surface area contributed by atoms with Crippen LogP contribution in [0.5, 0.6) is 23.0 Å². The van der Waals surface area contributed by atoms with E-state index in [4.69, 9.17) is 18.9 Å². The molecule has 0 bridgehead atoms. The molecule has 0 spiro atoms. The molecule has 154 valence electrons. The largest absolute Gasteiger partial charge is 0.493 e. The first-order valence-electron chi connectivity index (χ1n) is 9.26. The van der Waals surface area contributed by atoms with Crippen molar-refractivity contribution in [1.29, 1.82) is 0 Å². The molecule has 1 amide bonds. The minimum atomic E-state index is -0.313. The number of nitrogens with one attached hydrogen (secondary N) is 1. The molecule has 1 unspecified atom stereocenters. The second-order valence-corrected chi connectivity index (χ2v) is 6.75. The third-order valence-electron chi connectivity index (χ3n) is 5.11. The van der Waals surface area contributed by atoms with Crippen molar-refractivity contribution in [2.75, 3.05) is 28.4 Å². The summed E-state index contributed by atoms with van der Waals surface area (Å²) in [6.45, 7) is 1.48. The minimum absolute atomic E-state index is 0.152. The molecule has 0 heterocycles. The van der Waals surface area contributed by atoms with Gasteiger partial charge in [0.15, 0.2) is 17.2 Å². The van der Waals surface area contributed by atoms with E-state index < -0.39 is 0 Å². The molecule has 0 aromatic heterocycles. The van der Waals surface area contributed by atoms with Gasteiger partial charge >= 0.3 is 0 Å². The van der Waals surface area contributed by atoms with Crippen LogP contribution < -0.4 is 29.7 Å². The number of ether oxygens (including phenoxy) is 4. The summed E-state index contributed by atoms with van der Waals surface area (Å²) in [5.41, 5.74) is 2.99. The number of benzene rings is 1. The van der Waals surface area contributed by atoms with Gasteiger partial charge in [0.1, 0.15) is 0 Å². The van der Waals surface area contributed by atoms with E-state index in [-0.39, 0.29) is 23.1 Å². The predicted octanol–water partition coefficient (Wildman–Crippen LogP) is 2.87. The number of rotatable bonds is 5. The molecule has 1 aliphatic carbocycles. The Balaban J connectivity index is 2.42. The van der Waals surface area contributed by atoms with E-state index in [0.29, 0.717) is 30.1 Å². The first-order chi connectivity index (χ1) is 13.9. The van der Waals surface area contributed by atoms with Crippen LogP contribution in [0.4, 0.5) is 0 Å². The highest BCUT2D eigenvalue weighted by atomic mass is 16.5. The van der Waals surface area contributed by atoms with E-state index in [1.165, 1.54) is 21.1 Å². The lowest BCUT2D eigenvalue weighted by atomic mass is 9.94. The zero-order chi connectivity index (χ0) is 21.1. The number of methoxy groups -OCH3 is 4. The molecular formula is C22H25NO6. The summed E-state index contributed by atoms with van der Waals surface area (Å²) < 4.78 is 22.0. The number of hydrogen-bond donors (Lipinski definition) is 1. The Kier molecular flexibility index (Phi) is 5.96. The van der Waals surface area contributed by atoms with Crippen LogP contribution in [0.25, 0.3) is 11.1 Å². The maximum Gasteiger partial charge on any atom is 0.220 e. The van der Waals surface area contributed by atoms with Crippen molar-refractivity contribution in [3.8, 4) is 34.1 Å². The molecular weight excluding hydrogens is 374 g/mol. The Morgan fingerprint density at radius 3 is 2.21 bits per heavy atom. The summed E-state index contributed by atoms with van der Waals surface area (Å²) in [5, 5.41) is 3.00. The van der Waals surface area contributed by atoms with Crippen molar-refractivity contribution >= 4 is 5.91 Å². The highest BCUT2D eigenvalue weighted by Crippen LogP contribution is 2.50. The van der Waals surface area contributed by atoms with Gasteiger partial charge in [-0.2, -0.15) is 0 Å². The monoisotopic (exact) mass is 399 g/mol. The molecule has 1 N–H and O–H groups in total. The molecule has 2 aromatic carbocycles. The Bertz CT molecular complexity index is 1000. The topological polar surface area (TPSA) is 83.1 Å². The van der Waals surface area contributed by atoms with Gasteiger partial charge in [-0.1, -0.05) is 6.07 Å². The predicted molar refractivity (Wildman–Crippen MR) is 109 cm³/mol. The Labute approximate surface area is 169 Å². The van der Waals surface area contributed by atoms with Gasteiger partial charge in [-0.3, -0.25) is 9.59 Å². The SMILES string of the molecule is COc1cc2c(c(OC)c1OC)C(NC(C)=O)CCc1ccc(OC)c(=O)cc1-2. The average Bonchev–Trinajstić information content (AvgIpc) is 2.94. The van der Waals surface area contributed by atoms with Crippen molar-refractivity contribution in [3.63, 3.8) is 0 Å². The van der Waals surface area contributed by atoms with E-state index in [1.54, 1.807) is 26.4 Å². The fraction of sp³-hybridized carbons (Fsp3) is 0.364. The molecule has 29 heavy (non-hydrogen) atoms. The normalized spacial score (nSPS) is 14.7. The lowest BCUT2D eigenvalue weighted by Crippen LogP contribution is -2.27. The number of amides is 1. The van der Waals surface area contributed by atoms with Crippen LogP contribution in [0, 0.1) is 0 Å². The highest BCUT2D eigenvalue weighted by Gasteiger charge is 2.31. The van der Waals surface area contributed by atoms with Gasteiger partial charge in [0.05, 0.1) is 34.5 Å². The van der Waals surface area contributed by atoms with Gasteiger partial charge in [0.25, 0.3) is 0 Å². The van der Waals surface area contributed by atoms with Crippen LogP contribution in [-0.2, 0) is 11.2 Å². The van der Waals surface area contributed by atoms with Crippen LogP contribution in [-0.4, -0.2) is 34.3 Å².